The van der Waals surface area contributed by atoms with Crippen molar-refractivity contribution >= 4 is 23.3 Å². The second-order valence-corrected chi connectivity index (χ2v) is 3.98. The van der Waals surface area contributed by atoms with Crippen LogP contribution in [0, 0.1) is 17.1 Å². The molecule has 0 atom stereocenters. The van der Waals surface area contributed by atoms with Gasteiger partial charge in [0.15, 0.2) is 5.57 Å². The maximum Gasteiger partial charge on any atom is 0.350 e. The van der Waals surface area contributed by atoms with Gasteiger partial charge in [0.2, 0.25) is 0 Å². The number of nitrogens with one attached hydrogen (secondary N) is 1. The molecule has 0 unspecified atom stereocenters. The van der Waals surface area contributed by atoms with Crippen LogP contribution in [-0.4, -0.2) is 26.3 Å². The number of hydrogen-bond acceptors (Lipinski definition) is 5. The first-order valence-electron chi connectivity index (χ1n) is 5.56. The van der Waals surface area contributed by atoms with E-state index in [0.717, 1.165) is 12.3 Å². The van der Waals surface area contributed by atoms with Gasteiger partial charge in [-0.25, -0.2) is 9.18 Å². The molecule has 0 radical (unpaired) electrons. The molecule has 0 spiro atoms. The summed E-state index contributed by atoms with van der Waals surface area (Å²) in [7, 11) is 1.46. The van der Waals surface area contributed by atoms with Crippen LogP contribution in [0.2, 0.25) is 5.02 Å². The average molecular weight is 299 g/mol. The minimum Gasteiger partial charge on any atom is -0.459 e. The van der Waals surface area contributed by atoms with Gasteiger partial charge in [-0.15, -0.1) is 0 Å². The lowest BCUT2D eigenvalue weighted by molar-refractivity contribution is -0.139. The zero-order chi connectivity index (χ0) is 15.0. The molecule has 106 valence electrons. The molecule has 0 aliphatic carbocycles. The third kappa shape index (κ3) is 4.88. The molecule has 0 amide bonds. The van der Waals surface area contributed by atoms with Gasteiger partial charge in [-0.2, -0.15) is 5.26 Å². The number of methoxy groups -OCH3 is 1. The smallest absolute Gasteiger partial charge is 0.350 e. The van der Waals surface area contributed by atoms with Crippen LogP contribution in [-0.2, 0) is 14.3 Å². The number of ether oxygens (including phenoxy) is 2. The fourth-order valence-electron chi connectivity index (χ4n) is 1.17. The second kappa shape index (κ2) is 8.15. The lowest BCUT2D eigenvalue weighted by atomic mass is 10.3. The van der Waals surface area contributed by atoms with E-state index in [1.165, 1.54) is 19.2 Å². The second-order valence-electron chi connectivity index (χ2n) is 3.57. The molecule has 0 fully saturated rings. The van der Waals surface area contributed by atoms with E-state index in [1.807, 2.05) is 0 Å². The fraction of sp³-hybridized carbons (Fsp3) is 0.231. The Morgan fingerprint density at radius 2 is 2.30 bits per heavy atom. The van der Waals surface area contributed by atoms with Crippen molar-refractivity contribution < 1.29 is 18.7 Å². The van der Waals surface area contributed by atoms with Gasteiger partial charge in [0.1, 0.15) is 18.5 Å². The quantitative estimate of drug-likeness (QED) is 0.378. The number of carbonyl (C=O) groups excluding carboxylic acids is 1. The molecule has 20 heavy (non-hydrogen) atoms. The van der Waals surface area contributed by atoms with Crippen molar-refractivity contribution in [2.45, 2.75) is 0 Å². The summed E-state index contributed by atoms with van der Waals surface area (Å²) >= 11 is 5.54. The zero-order valence-electron chi connectivity index (χ0n) is 10.7. The van der Waals surface area contributed by atoms with Crippen molar-refractivity contribution in [3.63, 3.8) is 0 Å². The highest BCUT2D eigenvalue weighted by Crippen LogP contribution is 2.18. The summed E-state index contributed by atoms with van der Waals surface area (Å²) in [6.07, 6.45) is 1.14. The van der Waals surface area contributed by atoms with Crippen molar-refractivity contribution in [2.24, 2.45) is 0 Å². The number of benzene rings is 1. The third-order valence-corrected chi connectivity index (χ3v) is 2.47. The minimum atomic E-state index is -0.786. The normalized spacial score (nSPS) is 10.8. The molecular formula is C13H12ClFN2O3. The van der Waals surface area contributed by atoms with Crippen molar-refractivity contribution in [1.29, 1.82) is 5.26 Å². The van der Waals surface area contributed by atoms with Gasteiger partial charge >= 0.3 is 5.97 Å². The molecule has 7 heteroatoms. The van der Waals surface area contributed by atoms with Crippen molar-refractivity contribution in [2.75, 3.05) is 25.6 Å². The molecule has 0 saturated carbocycles. The molecule has 0 aliphatic heterocycles. The largest absolute Gasteiger partial charge is 0.459 e. The summed E-state index contributed by atoms with van der Waals surface area (Å²) in [4.78, 5) is 11.5. The van der Waals surface area contributed by atoms with E-state index in [-0.39, 0.29) is 23.8 Å². The number of anilines is 1. The van der Waals surface area contributed by atoms with E-state index >= 15 is 0 Å². The minimum absolute atomic E-state index is 0.0148. The van der Waals surface area contributed by atoms with E-state index < -0.39 is 11.8 Å². The Bertz CT molecular complexity index is 555. The molecule has 1 aromatic carbocycles. The first kappa shape index (κ1) is 16.0. The molecule has 0 bridgehead atoms. The fourth-order valence-corrected chi connectivity index (χ4v) is 1.29. The molecule has 1 N–H and O–H groups in total. The van der Waals surface area contributed by atoms with Crippen LogP contribution in [0.3, 0.4) is 0 Å². The van der Waals surface area contributed by atoms with Gasteiger partial charge in [-0.3, -0.25) is 0 Å². The first-order chi connectivity index (χ1) is 9.58. The van der Waals surface area contributed by atoms with E-state index in [2.05, 4.69) is 5.32 Å². The van der Waals surface area contributed by atoms with E-state index in [9.17, 15) is 9.18 Å². The monoisotopic (exact) mass is 298 g/mol. The van der Waals surface area contributed by atoms with Crippen molar-refractivity contribution in [3.8, 4) is 6.07 Å². The SMILES string of the molecule is COCCOC(=O)C(C#N)=CNc1ccc(Cl)c(F)c1. The number of esters is 1. The standard InChI is InChI=1S/C13H12ClFN2O3/c1-19-4-5-20-13(18)9(7-16)8-17-10-2-3-11(14)12(15)6-10/h2-3,6,8,17H,4-5H2,1H3. The number of nitriles is 1. The molecular weight excluding hydrogens is 287 g/mol. The van der Waals surface area contributed by atoms with Crippen LogP contribution in [0.1, 0.15) is 0 Å². The summed E-state index contributed by atoms with van der Waals surface area (Å²) in [5.41, 5.74) is 0.112. The molecule has 0 aromatic heterocycles. The van der Waals surface area contributed by atoms with Gasteiger partial charge in [0, 0.05) is 19.0 Å². The van der Waals surface area contributed by atoms with E-state index in [1.54, 1.807) is 6.07 Å². The molecule has 0 aliphatic rings. The average Bonchev–Trinajstić information content (AvgIpc) is 2.43. The number of rotatable bonds is 6. The zero-order valence-corrected chi connectivity index (χ0v) is 11.4. The van der Waals surface area contributed by atoms with Crippen LogP contribution in [0.15, 0.2) is 30.0 Å². The van der Waals surface area contributed by atoms with Gasteiger partial charge in [0.25, 0.3) is 0 Å². The molecule has 1 rings (SSSR count). The maximum absolute atomic E-state index is 13.2. The molecule has 0 saturated heterocycles. The number of halogens is 2. The highest BCUT2D eigenvalue weighted by atomic mass is 35.5. The van der Waals surface area contributed by atoms with Crippen molar-refractivity contribution in [3.05, 3.63) is 40.8 Å². The lowest BCUT2D eigenvalue weighted by Gasteiger charge is -2.04. The topological polar surface area (TPSA) is 71.3 Å². The first-order valence-corrected chi connectivity index (χ1v) is 5.94. The molecule has 5 nitrogen and oxygen atoms in total. The van der Waals surface area contributed by atoms with E-state index in [4.69, 9.17) is 26.3 Å². The summed E-state index contributed by atoms with van der Waals surface area (Å²) < 4.78 is 22.7. The van der Waals surface area contributed by atoms with Gasteiger partial charge < -0.3 is 14.8 Å². The van der Waals surface area contributed by atoms with Gasteiger partial charge in [-0.05, 0) is 18.2 Å². The Morgan fingerprint density at radius 1 is 1.55 bits per heavy atom. The summed E-state index contributed by atoms with van der Waals surface area (Å²) in [5.74, 6) is -1.39. The van der Waals surface area contributed by atoms with Crippen LogP contribution < -0.4 is 5.32 Å². The lowest BCUT2D eigenvalue weighted by Crippen LogP contribution is -2.12. The highest BCUT2D eigenvalue weighted by molar-refractivity contribution is 6.30. The Hall–Kier alpha value is -2.10. The van der Waals surface area contributed by atoms with Gasteiger partial charge in [0.05, 0.1) is 11.6 Å². The van der Waals surface area contributed by atoms with Crippen LogP contribution in [0.5, 0.6) is 0 Å². The van der Waals surface area contributed by atoms with Gasteiger partial charge in [-0.1, -0.05) is 11.6 Å². The number of nitrogens with zero attached hydrogens (tertiary/aromatic N) is 1. The van der Waals surface area contributed by atoms with Crippen LogP contribution in [0.4, 0.5) is 10.1 Å². The Morgan fingerprint density at radius 3 is 2.90 bits per heavy atom. The highest BCUT2D eigenvalue weighted by Gasteiger charge is 2.10. The van der Waals surface area contributed by atoms with Crippen LogP contribution in [0.25, 0.3) is 0 Å². The molecule has 0 heterocycles. The predicted molar refractivity (Wildman–Crippen MR) is 71.6 cm³/mol. The number of carbonyl (C=O) groups is 1. The molecule has 1 aromatic rings. The third-order valence-electron chi connectivity index (χ3n) is 2.16. The van der Waals surface area contributed by atoms with Crippen molar-refractivity contribution in [1.82, 2.24) is 0 Å². The summed E-state index contributed by atoms with van der Waals surface area (Å²) in [6, 6.07) is 5.70. The predicted octanol–water partition coefficient (Wildman–Crippen LogP) is 2.49. The van der Waals surface area contributed by atoms with Crippen LogP contribution >= 0.6 is 11.6 Å². The summed E-state index contributed by atoms with van der Waals surface area (Å²) in [5, 5.41) is 11.4. The van der Waals surface area contributed by atoms with E-state index in [0.29, 0.717) is 5.69 Å². The Kier molecular flexibility index (Phi) is 6.50. The summed E-state index contributed by atoms with van der Waals surface area (Å²) in [6.45, 7) is 0.282. The Labute approximate surface area is 120 Å². The maximum atomic E-state index is 13.2. The Balaban J connectivity index is 2.67. The number of hydrogen-bond donors (Lipinski definition) is 1.